The summed E-state index contributed by atoms with van der Waals surface area (Å²) in [6, 6.07) is 12.7. The fraction of sp³-hybridized carbons (Fsp3) is 0.273. The summed E-state index contributed by atoms with van der Waals surface area (Å²) < 4.78 is 24.9. The van der Waals surface area contributed by atoms with Crippen LogP contribution in [0.2, 0.25) is 0 Å². The van der Waals surface area contributed by atoms with Crippen molar-refractivity contribution < 1.29 is 13.7 Å². The number of aryl methyl sites for hydroxylation is 1. The van der Waals surface area contributed by atoms with Gasteiger partial charge in [-0.3, -0.25) is 10.1 Å². The Morgan fingerprint density at radius 2 is 2.00 bits per heavy atom. The number of hydrogen-bond acceptors (Lipinski definition) is 8. The molecule has 0 radical (unpaired) electrons. The van der Waals surface area contributed by atoms with E-state index in [1.807, 2.05) is 19.1 Å². The lowest BCUT2D eigenvalue weighted by atomic mass is 10.0. The summed E-state index contributed by atoms with van der Waals surface area (Å²) >= 11 is 1.31. The number of nitriles is 1. The predicted octanol–water partition coefficient (Wildman–Crippen LogP) is 3.96. The molecule has 3 aromatic rings. The smallest absolute Gasteiger partial charge is 0.323 e. The molecule has 0 atom stereocenters. The number of ether oxygens (including phenoxy) is 1. The number of carbonyl (C=O) groups excluding carboxylic acids is 1. The second-order valence-electron chi connectivity index (χ2n) is 7.57. The number of aromatic nitrogens is 2. The molecule has 0 unspecified atom stereocenters. The second-order valence-corrected chi connectivity index (χ2v) is 11.0. The Morgan fingerprint density at radius 1 is 1.24 bits per heavy atom. The highest BCUT2D eigenvalue weighted by atomic mass is 32.2. The normalized spacial score (nSPS) is 15.0. The van der Waals surface area contributed by atoms with Crippen molar-refractivity contribution in [1.29, 1.82) is 10.0 Å². The minimum Gasteiger partial charge on any atom is -0.481 e. The van der Waals surface area contributed by atoms with Gasteiger partial charge < -0.3 is 9.64 Å². The van der Waals surface area contributed by atoms with Crippen LogP contribution in [-0.2, 0) is 9.73 Å². The minimum absolute atomic E-state index is 0.172. The molecular weight excluding hydrogens is 460 g/mol. The van der Waals surface area contributed by atoms with Gasteiger partial charge in [-0.1, -0.05) is 23.5 Å². The van der Waals surface area contributed by atoms with Gasteiger partial charge in [-0.2, -0.15) is 5.26 Å². The number of rotatable bonds is 4. The highest BCUT2D eigenvalue weighted by Gasteiger charge is 2.24. The molecule has 1 aliphatic rings. The van der Waals surface area contributed by atoms with Crippen LogP contribution in [0.25, 0.3) is 21.7 Å². The number of urea groups is 1. The van der Waals surface area contributed by atoms with Gasteiger partial charge in [-0.15, -0.1) is 0 Å². The molecule has 0 aliphatic carbocycles. The summed E-state index contributed by atoms with van der Waals surface area (Å²) in [6.45, 7) is 2.40. The Kier molecular flexibility index (Phi) is 6.31. The molecular formula is C22H22N6O3S2. The van der Waals surface area contributed by atoms with E-state index in [9.17, 15) is 14.3 Å². The van der Waals surface area contributed by atoms with Crippen molar-refractivity contribution in [2.75, 3.05) is 37.0 Å². The summed E-state index contributed by atoms with van der Waals surface area (Å²) in [7, 11) is -1.04. The van der Waals surface area contributed by atoms with Gasteiger partial charge in [0.15, 0.2) is 5.13 Å². The third-order valence-corrected chi connectivity index (χ3v) is 7.88. The maximum Gasteiger partial charge on any atom is 0.323 e. The number of amides is 2. The zero-order valence-corrected chi connectivity index (χ0v) is 19.8. The number of benzene rings is 1. The first kappa shape index (κ1) is 22.7. The SMILES string of the molecule is COc1cc(-c2sc(NC(=O)N3CCS(=N)(=O)CC3)nc2-c2cccc(C#N)c2)cc(C)n1. The van der Waals surface area contributed by atoms with Gasteiger partial charge in [0.1, 0.15) is 0 Å². The van der Waals surface area contributed by atoms with E-state index in [1.165, 1.54) is 11.3 Å². The van der Waals surface area contributed by atoms with Crippen LogP contribution in [0, 0.1) is 23.0 Å². The van der Waals surface area contributed by atoms with E-state index >= 15 is 0 Å². The van der Waals surface area contributed by atoms with Crippen LogP contribution in [0.3, 0.4) is 0 Å². The molecule has 33 heavy (non-hydrogen) atoms. The van der Waals surface area contributed by atoms with Gasteiger partial charge in [0.2, 0.25) is 5.88 Å². The van der Waals surface area contributed by atoms with Crippen molar-refractivity contribution in [3.05, 3.63) is 47.7 Å². The molecule has 9 nitrogen and oxygen atoms in total. The first-order valence-electron chi connectivity index (χ1n) is 10.1. The molecule has 1 aromatic carbocycles. The molecule has 4 rings (SSSR count). The molecule has 1 fully saturated rings. The fourth-order valence-electron chi connectivity index (χ4n) is 3.48. The zero-order chi connectivity index (χ0) is 23.6. The molecule has 2 aromatic heterocycles. The Balaban J connectivity index is 1.72. The van der Waals surface area contributed by atoms with Gasteiger partial charge in [-0.25, -0.2) is 19.0 Å². The van der Waals surface area contributed by atoms with Crippen molar-refractivity contribution in [2.45, 2.75) is 6.92 Å². The van der Waals surface area contributed by atoms with E-state index in [2.05, 4.69) is 21.4 Å². The van der Waals surface area contributed by atoms with Crippen molar-refractivity contribution in [3.8, 4) is 33.6 Å². The molecule has 3 heterocycles. The largest absolute Gasteiger partial charge is 0.481 e. The topological polar surface area (TPSA) is 132 Å². The predicted molar refractivity (Wildman–Crippen MR) is 128 cm³/mol. The van der Waals surface area contributed by atoms with Crippen LogP contribution < -0.4 is 10.1 Å². The zero-order valence-electron chi connectivity index (χ0n) is 18.1. The minimum atomic E-state index is -2.59. The summed E-state index contributed by atoms with van der Waals surface area (Å²) in [5, 5.41) is 12.6. The molecule has 1 aliphatic heterocycles. The fourth-order valence-corrected chi connectivity index (χ4v) is 5.68. The van der Waals surface area contributed by atoms with E-state index in [4.69, 9.17) is 9.52 Å². The number of nitrogens with one attached hydrogen (secondary N) is 2. The van der Waals surface area contributed by atoms with Crippen molar-refractivity contribution in [3.63, 3.8) is 0 Å². The quantitative estimate of drug-likeness (QED) is 0.579. The van der Waals surface area contributed by atoms with Gasteiger partial charge in [0.05, 0.1) is 29.3 Å². The standard InChI is InChI=1S/C22H22N6O3S2/c1-14-10-17(12-18(25-14)31-2)20-19(16-5-3-4-15(11-16)13-23)26-21(32-20)27-22(29)28-6-8-33(24,30)9-7-28/h3-5,10-12,24H,6-9H2,1-2H3,(H,26,27,29). The molecule has 2 N–H and O–H groups in total. The Morgan fingerprint density at radius 3 is 2.70 bits per heavy atom. The molecule has 170 valence electrons. The van der Waals surface area contributed by atoms with E-state index in [1.54, 1.807) is 36.3 Å². The molecule has 2 amide bonds. The van der Waals surface area contributed by atoms with Crippen LogP contribution in [0.5, 0.6) is 5.88 Å². The lowest BCUT2D eigenvalue weighted by molar-refractivity contribution is 0.216. The Hall–Kier alpha value is -3.49. The maximum absolute atomic E-state index is 12.8. The highest BCUT2D eigenvalue weighted by Crippen LogP contribution is 2.40. The first-order chi connectivity index (χ1) is 15.8. The van der Waals surface area contributed by atoms with Gasteiger partial charge in [-0.05, 0) is 25.1 Å². The van der Waals surface area contributed by atoms with Crippen LogP contribution in [0.1, 0.15) is 11.3 Å². The lowest BCUT2D eigenvalue weighted by Crippen LogP contribution is -2.45. The number of pyridine rings is 1. The number of nitrogens with zero attached hydrogens (tertiary/aromatic N) is 4. The number of anilines is 1. The molecule has 0 spiro atoms. The van der Waals surface area contributed by atoms with E-state index in [0.717, 1.165) is 21.7 Å². The molecule has 11 heteroatoms. The Bertz CT molecular complexity index is 1350. The number of methoxy groups -OCH3 is 1. The summed E-state index contributed by atoms with van der Waals surface area (Å²) in [5.74, 6) is 0.811. The molecule has 0 bridgehead atoms. The molecule has 0 saturated carbocycles. The van der Waals surface area contributed by atoms with Crippen LogP contribution >= 0.6 is 11.3 Å². The second kappa shape index (κ2) is 9.17. The van der Waals surface area contributed by atoms with Crippen molar-refractivity contribution >= 4 is 32.2 Å². The van der Waals surface area contributed by atoms with Crippen LogP contribution in [0.15, 0.2) is 36.4 Å². The average Bonchev–Trinajstić information content (AvgIpc) is 3.22. The third-order valence-electron chi connectivity index (χ3n) is 5.18. The van der Waals surface area contributed by atoms with E-state index < -0.39 is 9.73 Å². The Labute approximate surface area is 196 Å². The number of carbonyl (C=O) groups is 1. The summed E-state index contributed by atoms with van der Waals surface area (Å²) in [5.41, 5.74) is 3.50. The van der Waals surface area contributed by atoms with E-state index in [0.29, 0.717) is 22.3 Å². The van der Waals surface area contributed by atoms with Crippen molar-refractivity contribution in [2.24, 2.45) is 0 Å². The number of thiazole rings is 1. The van der Waals surface area contributed by atoms with Crippen LogP contribution in [-0.4, -0.2) is 56.8 Å². The number of hydrogen-bond donors (Lipinski definition) is 2. The van der Waals surface area contributed by atoms with Gasteiger partial charge >= 0.3 is 6.03 Å². The monoisotopic (exact) mass is 482 g/mol. The first-order valence-corrected chi connectivity index (χ1v) is 12.8. The molecule has 1 saturated heterocycles. The summed E-state index contributed by atoms with van der Waals surface area (Å²) in [4.78, 5) is 24.2. The highest BCUT2D eigenvalue weighted by molar-refractivity contribution is 7.92. The van der Waals surface area contributed by atoms with Crippen LogP contribution in [0.4, 0.5) is 9.93 Å². The lowest BCUT2D eigenvalue weighted by Gasteiger charge is -2.27. The van der Waals surface area contributed by atoms with Gasteiger partial charge in [0, 0.05) is 57.2 Å². The summed E-state index contributed by atoms with van der Waals surface area (Å²) in [6.07, 6.45) is 0. The van der Waals surface area contributed by atoms with E-state index in [-0.39, 0.29) is 30.6 Å². The third kappa shape index (κ3) is 5.13. The van der Waals surface area contributed by atoms with Crippen molar-refractivity contribution in [1.82, 2.24) is 14.9 Å². The average molecular weight is 483 g/mol. The maximum atomic E-state index is 12.8. The van der Waals surface area contributed by atoms with Gasteiger partial charge in [0.25, 0.3) is 0 Å².